The van der Waals surface area contributed by atoms with Crippen molar-refractivity contribution in [3.05, 3.63) is 41.0 Å². The second kappa shape index (κ2) is 5.14. The zero-order valence-electron chi connectivity index (χ0n) is 9.64. The fourth-order valence-corrected chi connectivity index (χ4v) is 1.83. The van der Waals surface area contributed by atoms with Crippen LogP contribution in [0.15, 0.2) is 30.5 Å². The quantitative estimate of drug-likeness (QED) is 0.485. The van der Waals surface area contributed by atoms with E-state index in [-0.39, 0.29) is 12.2 Å². The summed E-state index contributed by atoms with van der Waals surface area (Å²) in [6.45, 7) is 0. The topological polar surface area (TPSA) is 56.3 Å². The third kappa shape index (κ3) is 2.49. The summed E-state index contributed by atoms with van der Waals surface area (Å²) in [6, 6.07) is 6.66. The molecule has 2 rings (SSSR count). The second-order valence-electron chi connectivity index (χ2n) is 3.70. The van der Waals surface area contributed by atoms with Gasteiger partial charge in [-0.15, -0.1) is 0 Å². The number of ether oxygens (including phenoxy) is 1. The molecular weight excluding hydrogens is 254 g/mol. The Balaban J connectivity index is 2.47. The number of pyridine rings is 1. The van der Waals surface area contributed by atoms with Crippen molar-refractivity contribution in [2.75, 3.05) is 7.11 Å². The smallest absolute Gasteiger partial charge is 0.313 e. The third-order valence-corrected chi connectivity index (χ3v) is 2.77. The molecule has 18 heavy (non-hydrogen) atoms. The molecule has 0 radical (unpaired) electrons. The number of nitrogens with zero attached hydrogens (tertiary/aromatic N) is 1. The van der Waals surface area contributed by atoms with Crippen molar-refractivity contribution in [3.8, 4) is 0 Å². The Morgan fingerprint density at radius 2 is 2.11 bits per heavy atom. The minimum Gasteiger partial charge on any atom is -0.469 e. The van der Waals surface area contributed by atoms with Gasteiger partial charge in [0.25, 0.3) is 0 Å². The van der Waals surface area contributed by atoms with Crippen molar-refractivity contribution in [2.45, 2.75) is 6.42 Å². The first-order valence-corrected chi connectivity index (χ1v) is 5.64. The Labute approximate surface area is 109 Å². The van der Waals surface area contributed by atoms with Crippen molar-refractivity contribution >= 4 is 34.3 Å². The molecule has 1 aromatic heterocycles. The minimum atomic E-state index is -0.563. The molecule has 0 aliphatic carbocycles. The maximum atomic E-state index is 12.0. The van der Waals surface area contributed by atoms with Gasteiger partial charge >= 0.3 is 5.97 Å². The Morgan fingerprint density at radius 3 is 2.83 bits per heavy atom. The van der Waals surface area contributed by atoms with Gasteiger partial charge in [0, 0.05) is 22.2 Å². The number of esters is 1. The van der Waals surface area contributed by atoms with Crippen LogP contribution in [0.2, 0.25) is 5.02 Å². The number of Topliss-reactive ketones (excluding diaryl/α,β-unsaturated/α-hetero) is 1. The highest BCUT2D eigenvalue weighted by molar-refractivity contribution is 6.31. The molecule has 0 fully saturated rings. The number of aromatic nitrogens is 1. The number of hydrogen-bond donors (Lipinski definition) is 0. The molecule has 1 heterocycles. The summed E-state index contributed by atoms with van der Waals surface area (Å²) in [4.78, 5) is 27.2. The highest BCUT2D eigenvalue weighted by atomic mass is 35.5. The first-order chi connectivity index (χ1) is 8.61. The highest BCUT2D eigenvalue weighted by Gasteiger charge is 2.15. The molecule has 0 atom stereocenters. The maximum Gasteiger partial charge on any atom is 0.313 e. The van der Waals surface area contributed by atoms with Gasteiger partial charge in [-0.1, -0.05) is 11.6 Å². The Bertz CT molecular complexity index is 625. The number of ketones is 1. The van der Waals surface area contributed by atoms with Crippen molar-refractivity contribution in [2.24, 2.45) is 0 Å². The van der Waals surface area contributed by atoms with E-state index in [1.54, 1.807) is 24.3 Å². The lowest BCUT2D eigenvalue weighted by Gasteiger charge is -2.05. The van der Waals surface area contributed by atoms with Crippen LogP contribution in [0.1, 0.15) is 16.8 Å². The first kappa shape index (κ1) is 12.5. The Morgan fingerprint density at radius 1 is 1.33 bits per heavy atom. The summed E-state index contributed by atoms with van der Waals surface area (Å²) in [7, 11) is 1.25. The van der Waals surface area contributed by atoms with Gasteiger partial charge < -0.3 is 4.74 Å². The number of benzene rings is 1. The molecule has 5 heteroatoms. The average molecular weight is 264 g/mol. The monoisotopic (exact) mass is 263 g/mol. The van der Waals surface area contributed by atoms with Crippen LogP contribution < -0.4 is 0 Å². The van der Waals surface area contributed by atoms with E-state index >= 15 is 0 Å². The van der Waals surface area contributed by atoms with E-state index in [2.05, 4.69) is 9.72 Å². The molecule has 0 unspecified atom stereocenters. The molecule has 2 aromatic rings. The van der Waals surface area contributed by atoms with Gasteiger partial charge in [-0.3, -0.25) is 14.6 Å². The zero-order chi connectivity index (χ0) is 13.1. The van der Waals surface area contributed by atoms with Gasteiger partial charge in [0.05, 0.1) is 12.6 Å². The highest BCUT2D eigenvalue weighted by Crippen LogP contribution is 2.22. The number of fused-ring (bicyclic) bond motifs is 1. The van der Waals surface area contributed by atoms with Crippen LogP contribution in [0.3, 0.4) is 0 Å². The summed E-state index contributed by atoms with van der Waals surface area (Å²) in [5, 5.41) is 1.15. The number of rotatable bonds is 3. The van der Waals surface area contributed by atoms with Crippen molar-refractivity contribution in [3.63, 3.8) is 0 Å². The van der Waals surface area contributed by atoms with E-state index in [1.165, 1.54) is 13.3 Å². The number of methoxy groups -OCH3 is 1. The van der Waals surface area contributed by atoms with Crippen molar-refractivity contribution in [1.29, 1.82) is 0 Å². The lowest BCUT2D eigenvalue weighted by atomic mass is 10.0. The molecule has 1 aromatic carbocycles. The molecule has 92 valence electrons. The van der Waals surface area contributed by atoms with Crippen molar-refractivity contribution < 1.29 is 14.3 Å². The van der Waals surface area contributed by atoms with Gasteiger partial charge in [0.1, 0.15) is 6.42 Å². The van der Waals surface area contributed by atoms with Gasteiger partial charge in [-0.25, -0.2) is 0 Å². The number of halogens is 1. The Kier molecular flexibility index (Phi) is 3.58. The van der Waals surface area contributed by atoms with Gasteiger partial charge in [0.2, 0.25) is 0 Å². The molecule has 0 aliphatic rings. The lowest BCUT2D eigenvalue weighted by Crippen LogP contribution is -2.10. The SMILES string of the molecule is COC(=O)CC(=O)c1ccnc2ccc(Cl)cc12. The predicted octanol–water partition coefficient (Wildman–Crippen LogP) is 2.63. The zero-order valence-corrected chi connectivity index (χ0v) is 10.4. The van der Waals surface area contributed by atoms with Crippen LogP contribution in [-0.4, -0.2) is 23.8 Å². The summed E-state index contributed by atoms with van der Waals surface area (Å²) in [5.74, 6) is -0.872. The van der Waals surface area contributed by atoms with Crippen LogP contribution in [0.5, 0.6) is 0 Å². The molecule has 4 nitrogen and oxygen atoms in total. The van der Waals surface area contributed by atoms with Gasteiger partial charge in [-0.2, -0.15) is 0 Å². The van der Waals surface area contributed by atoms with E-state index in [4.69, 9.17) is 11.6 Å². The van der Waals surface area contributed by atoms with Crippen LogP contribution in [-0.2, 0) is 9.53 Å². The molecule has 0 saturated heterocycles. The third-order valence-electron chi connectivity index (χ3n) is 2.54. The molecule has 0 bridgehead atoms. The van der Waals surface area contributed by atoms with Crippen LogP contribution in [0.25, 0.3) is 10.9 Å². The van der Waals surface area contributed by atoms with Crippen LogP contribution >= 0.6 is 11.6 Å². The van der Waals surface area contributed by atoms with E-state index in [9.17, 15) is 9.59 Å². The first-order valence-electron chi connectivity index (χ1n) is 5.26. The number of carbonyl (C=O) groups excluding carboxylic acids is 2. The van der Waals surface area contributed by atoms with Gasteiger partial charge in [0.15, 0.2) is 5.78 Å². The fourth-order valence-electron chi connectivity index (χ4n) is 1.66. The summed E-state index contributed by atoms with van der Waals surface area (Å²) in [5.41, 5.74) is 1.09. The summed E-state index contributed by atoms with van der Waals surface area (Å²) >= 11 is 5.90. The van der Waals surface area contributed by atoms with E-state index in [0.717, 1.165) is 0 Å². The van der Waals surface area contributed by atoms with Crippen LogP contribution in [0.4, 0.5) is 0 Å². The van der Waals surface area contributed by atoms with Crippen LogP contribution in [0, 0.1) is 0 Å². The number of carbonyl (C=O) groups is 2. The van der Waals surface area contributed by atoms with E-state index in [1.807, 2.05) is 0 Å². The molecule has 0 spiro atoms. The number of hydrogen-bond acceptors (Lipinski definition) is 4. The maximum absolute atomic E-state index is 12.0. The standard InChI is InChI=1S/C13H10ClNO3/c1-18-13(17)7-12(16)9-4-5-15-11-3-2-8(14)6-10(9)11/h2-6H,7H2,1H3. The summed E-state index contributed by atoms with van der Waals surface area (Å²) < 4.78 is 4.48. The molecule has 0 N–H and O–H groups in total. The van der Waals surface area contributed by atoms with Gasteiger partial charge in [-0.05, 0) is 24.3 Å². The molecule has 0 saturated carbocycles. The predicted molar refractivity (Wildman–Crippen MR) is 67.7 cm³/mol. The van der Waals surface area contributed by atoms with E-state index in [0.29, 0.717) is 21.5 Å². The van der Waals surface area contributed by atoms with Crippen molar-refractivity contribution in [1.82, 2.24) is 4.98 Å². The molecule has 0 aliphatic heterocycles. The lowest BCUT2D eigenvalue weighted by molar-refractivity contribution is -0.139. The summed E-state index contributed by atoms with van der Waals surface area (Å²) in [6.07, 6.45) is 1.24. The normalized spacial score (nSPS) is 10.3. The molecular formula is C13H10ClNO3. The fraction of sp³-hybridized carbons (Fsp3) is 0.154. The minimum absolute atomic E-state index is 0.290. The second-order valence-corrected chi connectivity index (χ2v) is 4.13. The average Bonchev–Trinajstić information content (AvgIpc) is 2.37. The largest absolute Gasteiger partial charge is 0.469 e. The van der Waals surface area contributed by atoms with E-state index < -0.39 is 5.97 Å². The Hall–Kier alpha value is -1.94. The molecule has 0 amide bonds.